The third-order valence-electron chi connectivity index (χ3n) is 5.47. The lowest BCUT2D eigenvalue weighted by atomic mass is 9.98. The van der Waals surface area contributed by atoms with Gasteiger partial charge in [-0.05, 0) is 62.5 Å². The maximum atomic E-state index is 12.6. The van der Waals surface area contributed by atoms with E-state index in [1.165, 1.54) is 18.2 Å². The van der Waals surface area contributed by atoms with Crippen LogP contribution in [0.5, 0.6) is 0 Å². The number of esters is 1. The maximum absolute atomic E-state index is 12.6. The predicted molar refractivity (Wildman–Crippen MR) is 127 cm³/mol. The van der Waals surface area contributed by atoms with E-state index >= 15 is 0 Å². The number of nitrogens with one attached hydrogen (secondary N) is 1. The Labute approximate surface area is 194 Å². The molecule has 0 aliphatic heterocycles. The SMILES string of the molecule is COC(=O)C(Cc1ccc(I)cc1)NC(=O)OCC1c2ccccc2-c2ccccc21. The van der Waals surface area contributed by atoms with Gasteiger partial charge in [-0.2, -0.15) is 0 Å². The summed E-state index contributed by atoms with van der Waals surface area (Å²) in [5, 5.41) is 2.67. The van der Waals surface area contributed by atoms with E-state index in [2.05, 4.69) is 52.2 Å². The quantitative estimate of drug-likeness (QED) is 0.366. The van der Waals surface area contributed by atoms with Crippen LogP contribution in [0.15, 0.2) is 72.8 Å². The van der Waals surface area contributed by atoms with Crippen LogP contribution in [0, 0.1) is 3.57 Å². The van der Waals surface area contributed by atoms with Crippen molar-refractivity contribution in [3.8, 4) is 11.1 Å². The molecule has 0 fully saturated rings. The molecule has 0 saturated heterocycles. The van der Waals surface area contributed by atoms with Crippen LogP contribution in [0.1, 0.15) is 22.6 Å². The minimum atomic E-state index is -0.819. The van der Waals surface area contributed by atoms with Crippen LogP contribution in [0.25, 0.3) is 11.1 Å². The number of amides is 1. The molecule has 0 aromatic heterocycles. The monoisotopic (exact) mass is 527 g/mol. The molecule has 1 atom stereocenters. The van der Waals surface area contributed by atoms with Gasteiger partial charge in [0.15, 0.2) is 0 Å². The molecule has 3 aromatic carbocycles. The highest BCUT2D eigenvalue weighted by Crippen LogP contribution is 2.44. The Morgan fingerprint density at radius 3 is 2.10 bits per heavy atom. The van der Waals surface area contributed by atoms with Crippen molar-refractivity contribution in [3.05, 3.63) is 93.1 Å². The van der Waals surface area contributed by atoms with Crippen molar-refractivity contribution < 1.29 is 19.1 Å². The zero-order valence-corrected chi connectivity index (χ0v) is 19.2. The summed E-state index contributed by atoms with van der Waals surface area (Å²) in [6.07, 6.45) is -0.309. The third-order valence-corrected chi connectivity index (χ3v) is 6.19. The Balaban J connectivity index is 1.44. The van der Waals surface area contributed by atoms with Gasteiger partial charge in [-0.1, -0.05) is 60.7 Å². The van der Waals surface area contributed by atoms with Gasteiger partial charge in [0.1, 0.15) is 12.6 Å². The second-order valence-corrected chi connectivity index (χ2v) is 8.62. The van der Waals surface area contributed by atoms with E-state index in [0.717, 1.165) is 20.3 Å². The Kier molecular flexibility index (Phi) is 6.56. The second-order valence-electron chi connectivity index (χ2n) is 7.38. The van der Waals surface area contributed by atoms with Crippen LogP contribution < -0.4 is 5.32 Å². The molecular formula is C25H22INO4. The smallest absolute Gasteiger partial charge is 0.407 e. The number of rotatable bonds is 6. The number of hydrogen-bond acceptors (Lipinski definition) is 4. The zero-order chi connectivity index (χ0) is 21.8. The minimum Gasteiger partial charge on any atom is -0.467 e. The first kappa shape index (κ1) is 21.4. The number of hydrogen-bond donors (Lipinski definition) is 1. The topological polar surface area (TPSA) is 64.6 Å². The van der Waals surface area contributed by atoms with E-state index in [0.29, 0.717) is 6.42 Å². The van der Waals surface area contributed by atoms with Crippen molar-refractivity contribution in [1.82, 2.24) is 5.32 Å². The lowest BCUT2D eigenvalue weighted by Crippen LogP contribution is -2.43. The van der Waals surface area contributed by atoms with Crippen LogP contribution in [0.2, 0.25) is 0 Å². The fourth-order valence-corrected chi connectivity index (χ4v) is 4.33. The van der Waals surface area contributed by atoms with Gasteiger partial charge >= 0.3 is 12.1 Å². The summed E-state index contributed by atoms with van der Waals surface area (Å²) in [5.74, 6) is -0.544. The number of methoxy groups -OCH3 is 1. The predicted octanol–water partition coefficient (Wildman–Crippen LogP) is 4.91. The summed E-state index contributed by atoms with van der Waals surface area (Å²) in [4.78, 5) is 24.8. The van der Waals surface area contributed by atoms with Crippen LogP contribution in [-0.2, 0) is 20.7 Å². The van der Waals surface area contributed by atoms with Gasteiger partial charge in [0.05, 0.1) is 7.11 Å². The van der Waals surface area contributed by atoms with E-state index in [9.17, 15) is 9.59 Å². The summed E-state index contributed by atoms with van der Waals surface area (Å²) in [6, 6.07) is 23.3. The van der Waals surface area contributed by atoms with Crippen molar-refractivity contribution in [2.45, 2.75) is 18.4 Å². The summed E-state index contributed by atoms with van der Waals surface area (Å²) in [7, 11) is 1.31. The van der Waals surface area contributed by atoms with Crippen molar-refractivity contribution in [2.75, 3.05) is 13.7 Å². The van der Waals surface area contributed by atoms with E-state index in [1.807, 2.05) is 48.5 Å². The molecule has 158 valence electrons. The Bertz CT molecular complexity index is 1050. The van der Waals surface area contributed by atoms with Gasteiger partial charge in [-0.15, -0.1) is 0 Å². The van der Waals surface area contributed by atoms with Gasteiger partial charge in [0.2, 0.25) is 0 Å². The first-order valence-electron chi connectivity index (χ1n) is 10.0. The molecule has 5 nitrogen and oxygen atoms in total. The zero-order valence-electron chi connectivity index (χ0n) is 17.0. The van der Waals surface area contributed by atoms with Crippen molar-refractivity contribution >= 4 is 34.7 Å². The Morgan fingerprint density at radius 2 is 1.52 bits per heavy atom. The molecular weight excluding hydrogens is 505 g/mol. The van der Waals surface area contributed by atoms with E-state index in [1.54, 1.807) is 0 Å². The normalized spacial score (nSPS) is 13.1. The maximum Gasteiger partial charge on any atom is 0.407 e. The van der Waals surface area contributed by atoms with Gasteiger partial charge in [0.25, 0.3) is 0 Å². The molecule has 0 heterocycles. The minimum absolute atomic E-state index is 0.0362. The summed E-state index contributed by atoms with van der Waals surface area (Å²) < 4.78 is 11.5. The third kappa shape index (κ3) is 4.74. The number of ether oxygens (including phenoxy) is 2. The molecule has 0 bridgehead atoms. The molecule has 31 heavy (non-hydrogen) atoms. The number of benzene rings is 3. The summed E-state index contributed by atoms with van der Waals surface area (Å²) in [6.45, 7) is 0.192. The average Bonchev–Trinajstić information content (AvgIpc) is 3.12. The van der Waals surface area contributed by atoms with Gasteiger partial charge < -0.3 is 14.8 Å². The van der Waals surface area contributed by atoms with Crippen LogP contribution in [0.4, 0.5) is 4.79 Å². The fraction of sp³-hybridized carbons (Fsp3) is 0.200. The number of halogens is 1. The highest BCUT2D eigenvalue weighted by Gasteiger charge is 2.30. The van der Waals surface area contributed by atoms with E-state index in [-0.39, 0.29) is 12.5 Å². The highest BCUT2D eigenvalue weighted by atomic mass is 127. The molecule has 1 unspecified atom stereocenters. The van der Waals surface area contributed by atoms with Crippen LogP contribution in [0.3, 0.4) is 0 Å². The molecule has 1 aliphatic rings. The molecule has 1 N–H and O–H groups in total. The van der Waals surface area contributed by atoms with Crippen molar-refractivity contribution in [1.29, 1.82) is 0 Å². The first-order chi connectivity index (χ1) is 15.1. The molecule has 0 radical (unpaired) electrons. The highest BCUT2D eigenvalue weighted by molar-refractivity contribution is 14.1. The van der Waals surface area contributed by atoms with Gasteiger partial charge in [-0.3, -0.25) is 0 Å². The van der Waals surface area contributed by atoms with Crippen molar-refractivity contribution in [3.63, 3.8) is 0 Å². The number of alkyl carbamates (subject to hydrolysis) is 1. The molecule has 4 rings (SSSR count). The van der Waals surface area contributed by atoms with E-state index in [4.69, 9.17) is 9.47 Å². The standard InChI is InChI=1S/C25H22INO4/c1-30-24(28)23(14-16-10-12-17(26)13-11-16)27-25(29)31-15-22-20-8-4-2-6-18(20)19-7-3-5-9-21(19)22/h2-13,22-23H,14-15H2,1H3,(H,27,29). The lowest BCUT2D eigenvalue weighted by Gasteiger charge is -2.18. The number of carbonyl (C=O) groups excluding carboxylic acids is 2. The largest absolute Gasteiger partial charge is 0.467 e. The molecule has 6 heteroatoms. The Morgan fingerprint density at radius 1 is 0.935 bits per heavy atom. The molecule has 1 amide bonds. The summed E-state index contributed by atoms with van der Waals surface area (Å²) >= 11 is 2.22. The lowest BCUT2D eigenvalue weighted by molar-refractivity contribution is -0.143. The number of fused-ring (bicyclic) bond motifs is 3. The molecule has 0 saturated carbocycles. The number of carbonyl (C=O) groups is 2. The second kappa shape index (κ2) is 9.51. The van der Waals surface area contributed by atoms with Crippen molar-refractivity contribution in [2.24, 2.45) is 0 Å². The van der Waals surface area contributed by atoms with E-state index < -0.39 is 18.1 Å². The van der Waals surface area contributed by atoms with Crippen LogP contribution >= 0.6 is 22.6 Å². The van der Waals surface area contributed by atoms with Gasteiger partial charge in [0, 0.05) is 15.9 Å². The molecule has 3 aromatic rings. The molecule has 0 spiro atoms. The van der Waals surface area contributed by atoms with Gasteiger partial charge in [-0.25, -0.2) is 9.59 Å². The summed E-state index contributed by atoms with van der Waals surface area (Å²) in [5.41, 5.74) is 5.53. The van der Waals surface area contributed by atoms with Crippen LogP contribution in [-0.4, -0.2) is 31.8 Å². The fourth-order valence-electron chi connectivity index (χ4n) is 3.97. The molecule has 1 aliphatic carbocycles. The Hall–Kier alpha value is -2.87. The average molecular weight is 527 g/mol. The first-order valence-corrected chi connectivity index (χ1v) is 11.1.